The van der Waals surface area contributed by atoms with Crippen LogP contribution in [0.3, 0.4) is 0 Å². The third kappa shape index (κ3) is 4.22. The summed E-state index contributed by atoms with van der Waals surface area (Å²) in [4.78, 5) is 38.5. The summed E-state index contributed by atoms with van der Waals surface area (Å²) in [7, 11) is 0. The molecule has 0 spiro atoms. The standard InChI is InChI=1S/C19H19N3O5/c1-14-17(7-12-27-14)19(24)21-10-8-20(9-11-21)18(23)6-5-15-3-2-4-16(13-15)22(25)26/h2-7,12-13H,8-11H2,1H3/b6-5+. The van der Waals surface area contributed by atoms with Crippen LogP contribution < -0.4 is 0 Å². The monoisotopic (exact) mass is 369 g/mol. The van der Waals surface area contributed by atoms with E-state index in [-0.39, 0.29) is 17.5 Å². The highest BCUT2D eigenvalue weighted by Crippen LogP contribution is 2.16. The average Bonchev–Trinajstić information content (AvgIpc) is 3.11. The van der Waals surface area contributed by atoms with Crippen molar-refractivity contribution in [2.24, 2.45) is 0 Å². The van der Waals surface area contributed by atoms with Crippen LogP contribution in [0.1, 0.15) is 21.7 Å². The Balaban J connectivity index is 1.57. The number of nitro groups is 1. The molecule has 27 heavy (non-hydrogen) atoms. The van der Waals surface area contributed by atoms with Crippen LogP contribution in [0.4, 0.5) is 5.69 Å². The molecule has 0 bridgehead atoms. The highest BCUT2D eigenvalue weighted by atomic mass is 16.6. The van der Waals surface area contributed by atoms with E-state index in [0.717, 1.165) is 0 Å². The Morgan fingerprint density at radius 1 is 1.15 bits per heavy atom. The minimum absolute atomic E-state index is 0.0220. The van der Waals surface area contributed by atoms with Crippen LogP contribution >= 0.6 is 0 Å². The molecule has 1 aliphatic heterocycles. The third-order valence-corrected chi connectivity index (χ3v) is 4.47. The summed E-state index contributed by atoms with van der Waals surface area (Å²) < 4.78 is 5.17. The first kappa shape index (κ1) is 18.4. The van der Waals surface area contributed by atoms with Crippen molar-refractivity contribution in [2.75, 3.05) is 26.2 Å². The summed E-state index contributed by atoms with van der Waals surface area (Å²) in [6.45, 7) is 3.49. The summed E-state index contributed by atoms with van der Waals surface area (Å²) in [6.07, 6.45) is 4.44. The van der Waals surface area contributed by atoms with Crippen LogP contribution in [0, 0.1) is 17.0 Å². The lowest BCUT2D eigenvalue weighted by Crippen LogP contribution is -2.50. The van der Waals surface area contributed by atoms with Gasteiger partial charge in [-0.25, -0.2) is 0 Å². The minimum atomic E-state index is -0.475. The summed E-state index contributed by atoms with van der Waals surface area (Å²) in [5.74, 6) is 0.298. The smallest absolute Gasteiger partial charge is 0.270 e. The number of rotatable bonds is 4. The molecule has 2 amide bonds. The zero-order chi connectivity index (χ0) is 19.4. The van der Waals surface area contributed by atoms with Gasteiger partial charge in [0, 0.05) is 44.4 Å². The first-order valence-electron chi connectivity index (χ1n) is 8.50. The number of nitrogens with zero attached hydrogens (tertiary/aromatic N) is 3. The number of benzene rings is 1. The predicted octanol–water partition coefficient (Wildman–Crippen LogP) is 2.49. The number of carbonyl (C=O) groups excluding carboxylic acids is 2. The number of furan rings is 1. The predicted molar refractivity (Wildman–Crippen MR) is 98.1 cm³/mol. The number of piperazine rings is 1. The Morgan fingerprint density at radius 3 is 2.48 bits per heavy atom. The molecule has 0 N–H and O–H groups in total. The molecule has 1 fully saturated rings. The molecule has 2 heterocycles. The van der Waals surface area contributed by atoms with Crippen LogP contribution in [0.5, 0.6) is 0 Å². The van der Waals surface area contributed by atoms with Gasteiger partial charge in [-0.15, -0.1) is 0 Å². The molecule has 0 radical (unpaired) electrons. The Bertz CT molecular complexity index is 894. The largest absolute Gasteiger partial charge is 0.469 e. The molecular weight excluding hydrogens is 350 g/mol. The molecular formula is C19H19N3O5. The lowest BCUT2D eigenvalue weighted by molar-refractivity contribution is -0.384. The van der Waals surface area contributed by atoms with Crippen LogP contribution in [0.15, 0.2) is 47.1 Å². The molecule has 1 aromatic carbocycles. The lowest BCUT2D eigenvalue weighted by atomic mass is 10.2. The van der Waals surface area contributed by atoms with Crippen molar-refractivity contribution in [3.8, 4) is 0 Å². The fraction of sp³-hybridized carbons (Fsp3) is 0.263. The van der Waals surface area contributed by atoms with E-state index >= 15 is 0 Å². The molecule has 8 heteroatoms. The van der Waals surface area contributed by atoms with Crippen molar-refractivity contribution < 1.29 is 18.9 Å². The Hall–Kier alpha value is -3.42. The van der Waals surface area contributed by atoms with Crippen LogP contribution in [0.25, 0.3) is 6.08 Å². The fourth-order valence-electron chi connectivity index (χ4n) is 2.92. The normalized spacial score (nSPS) is 14.6. The van der Waals surface area contributed by atoms with Crippen LogP contribution in [-0.2, 0) is 4.79 Å². The van der Waals surface area contributed by atoms with Gasteiger partial charge in [0.25, 0.3) is 11.6 Å². The van der Waals surface area contributed by atoms with Crippen molar-refractivity contribution in [1.82, 2.24) is 9.80 Å². The van der Waals surface area contributed by atoms with Crippen molar-refractivity contribution >= 4 is 23.6 Å². The van der Waals surface area contributed by atoms with Gasteiger partial charge in [0.05, 0.1) is 16.7 Å². The molecule has 140 valence electrons. The van der Waals surface area contributed by atoms with E-state index in [2.05, 4.69) is 0 Å². The second-order valence-corrected chi connectivity index (χ2v) is 6.19. The van der Waals surface area contributed by atoms with E-state index < -0.39 is 4.92 Å². The van der Waals surface area contributed by atoms with Gasteiger partial charge in [0.1, 0.15) is 5.76 Å². The molecule has 1 saturated heterocycles. The number of hydrogen-bond donors (Lipinski definition) is 0. The molecule has 1 aromatic heterocycles. The van der Waals surface area contributed by atoms with Gasteiger partial charge < -0.3 is 14.2 Å². The number of carbonyl (C=O) groups is 2. The summed E-state index contributed by atoms with van der Waals surface area (Å²) in [5.41, 5.74) is 1.11. The fourth-order valence-corrected chi connectivity index (χ4v) is 2.92. The summed E-state index contributed by atoms with van der Waals surface area (Å²) >= 11 is 0. The second kappa shape index (κ2) is 7.86. The van der Waals surface area contributed by atoms with E-state index in [0.29, 0.717) is 43.1 Å². The molecule has 8 nitrogen and oxygen atoms in total. The summed E-state index contributed by atoms with van der Waals surface area (Å²) in [5, 5.41) is 10.8. The highest BCUT2D eigenvalue weighted by molar-refractivity contribution is 5.95. The van der Waals surface area contributed by atoms with E-state index in [9.17, 15) is 19.7 Å². The van der Waals surface area contributed by atoms with Gasteiger partial charge in [-0.05, 0) is 24.6 Å². The third-order valence-electron chi connectivity index (χ3n) is 4.47. The maximum absolute atomic E-state index is 12.4. The van der Waals surface area contributed by atoms with Gasteiger partial charge in [-0.1, -0.05) is 12.1 Å². The minimum Gasteiger partial charge on any atom is -0.469 e. The molecule has 0 saturated carbocycles. The molecule has 0 unspecified atom stereocenters. The van der Waals surface area contributed by atoms with E-state index in [1.54, 1.807) is 41.0 Å². The molecule has 2 aromatic rings. The summed E-state index contributed by atoms with van der Waals surface area (Å²) in [6, 6.07) is 7.73. The van der Waals surface area contributed by atoms with E-state index in [1.165, 1.54) is 24.5 Å². The average molecular weight is 369 g/mol. The van der Waals surface area contributed by atoms with Crippen molar-refractivity contribution in [3.05, 3.63) is 69.7 Å². The SMILES string of the molecule is Cc1occc1C(=O)N1CCN(C(=O)/C=C/c2cccc([N+](=O)[O-])c2)CC1. The van der Waals surface area contributed by atoms with Crippen molar-refractivity contribution in [3.63, 3.8) is 0 Å². The molecule has 0 aliphatic carbocycles. The van der Waals surface area contributed by atoms with E-state index in [1.807, 2.05) is 0 Å². The van der Waals surface area contributed by atoms with Gasteiger partial charge in [0.2, 0.25) is 5.91 Å². The lowest BCUT2D eigenvalue weighted by Gasteiger charge is -2.34. The highest BCUT2D eigenvalue weighted by Gasteiger charge is 2.25. The molecule has 0 atom stereocenters. The van der Waals surface area contributed by atoms with Crippen molar-refractivity contribution in [2.45, 2.75) is 6.92 Å². The van der Waals surface area contributed by atoms with Gasteiger partial charge in [0.15, 0.2) is 0 Å². The van der Waals surface area contributed by atoms with Crippen molar-refractivity contribution in [1.29, 1.82) is 0 Å². The quantitative estimate of drug-likeness (QED) is 0.469. The first-order chi connectivity index (χ1) is 13.0. The zero-order valence-corrected chi connectivity index (χ0v) is 14.8. The zero-order valence-electron chi connectivity index (χ0n) is 14.8. The number of amides is 2. The van der Waals surface area contributed by atoms with E-state index in [4.69, 9.17) is 4.42 Å². The number of non-ortho nitro benzene ring substituents is 1. The Kier molecular flexibility index (Phi) is 5.35. The van der Waals surface area contributed by atoms with Gasteiger partial charge >= 0.3 is 0 Å². The molecule has 3 rings (SSSR count). The Labute approximate surface area is 155 Å². The Morgan fingerprint density at radius 2 is 1.85 bits per heavy atom. The number of nitro benzene ring substituents is 1. The number of hydrogen-bond acceptors (Lipinski definition) is 5. The van der Waals surface area contributed by atoms with Gasteiger partial charge in [-0.3, -0.25) is 19.7 Å². The second-order valence-electron chi connectivity index (χ2n) is 6.19. The first-order valence-corrected chi connectivity index (χ1v) is 8.50. The van der Waals surface area contributed by atoms with Crippen LogP contribution in [0.2, 0.25) is 0 Å². The maximum atomic E-state index is 12.4. The van der Waals surface area contributed by atoms with Gasteiger partial charge in [-0.2, -0.15) is 0 Å². The topological polar surface area (TPSA) is 96.9 Å². The van der Waals surface area contributed by atoms with Crippen LogP contribution in [-0.4, -0.2) is 52.7 Å². The molecule has 1 aliphatic rings. The number of aryl methyl sites for hydroxylation is 1. The maximum Gasteiger partial charge on any atom is 0.270 e.